The Hall–Kier alpha value is -1.74. The second-order valence-corrected chi connectivity index (χ2v) is 7.10. The number of hydrogen-bond acceptors (Lipinski definition) is 2. The summed E-state index contributed by atoms with van der Waals surface area (Å²) in [6.07, 6.45) is 2.30. The Kier molecular flexibility index (Phi) is 4.84. The number of amides is 1. The monoisotopic (exact) mass is 311 g/mol. The lowest BCUT2D eigenvalue weighted by molar-refractivity contribution is -0.129. The molecule has 1 fully saturated rings. The number of hydrogen-bond donors (Lipinski definition) is 0. The first-order valence-corrected chi connectivity index (χ1v) is 8.73. The Bertz CT molecular complexity index is 618. The van der Waals surface area contributed by atoms with Gasteiger partial charge in [0, 0.05) is 18.0 Å². The molecule has 0 saturated carbocycles. The fourth-order valence-electron chi connectivity index (χ4n) is 2.81. The molecule has 114 valence electrons. The Morgan fingerprint density at radius 3 is 2.18 bits per heavy atom. The van der Waals surface area contributed by atoms with E-state index in [2.05, 4.69) is 48.5 Å². The van der Waals surface area contributed by atoms with Crippen LogP contribution in [0.25, 0.3) is 11.1 Å². The molecular weight excluding hydrogens is 290 g/mol. The number of benzene rings is 2. The number of nitrogens with zero attached hydrogens (tertiary/aromatic N) is 1. The minimum Gasteiger partial charge on any atom is -0.342 e. The highest BCUT2D eigenvalue weighted by molar-refractivity contribution is 8.00. The van der Waals surface area contributed by atoms with Gasteiger partial charge in [0.2, 0.25) is 5.91 Å². The summed E-state index contributed by atoms with van der Waals surface area (Å²) in [4.78, 5) is 15.5. The number of carbonyl (C=O) groups is 1. The summed E-state index contributed by atoms with van der Waals surface area (Å²) in [5.41, 5.74) is 2.43. The second kappa shape index (κ2) is 7.01. The van der Waals surface area contributed by atoms with Gasteiger partial charge in [-0.2, -0.15) is 0 Å². The minimum absolute atomic E-state index is 0.0133. The molecule has 0 radical (unpaired) electrons. The maximum absolute atomic E-state index is 12.3. The largest absolute Gasteiger partial charge is 0.342 e. The average molecular weight is 311 g/mol. The molecule has 0 N–H and O–H groups in total. The first kappa shape index (κ1) is 15.2. The van der Waals surface area contributed by atoms with Gasteiger partial charge in [0.05, 0.1) is 5.25 Å². The molecule has 0 spiro atoms. The summed E-state index contributed by atoms with van der Waals surface area (Å²) >= 11 is 1.65. The number of thioether (sulfide) groups is 1. The van der Waals surface area contributed by atoms with Gasteiger partial charge in [-0.3, -0.25) is 4.79 Å². The maximum atomic E-state index is 12.3. The molecule has 1 amide bonds. The van der Waals surface area contributed by atoms with Crippen molar-refractivity contribution in [2.75, 3.05) is 13.1 Å². The molecule has 1 heterocycles. The molecule has 0 aromatic heterocycles. The Labute approximate surface area is 136 Å². The van der Waals surface area contributed by atoms with Crippen LogP contribution >= 0.6 is 11.8 Å². The predicted octanol–water partition coefficient (Wildman–Crippen LogP) is 4.46. The lowest BCUT2D eigenvalue weighted by Gasteiger charge is -2.20. The number of likely N-dealkylation sites (tertiary alicyclic amines) is 1. The van der Waals surface area contributed by atoms with E-state index in [1.807, 2.05) is 17.9 Å². The standard InChI is InChI=1S/C19H21NOS/c1-15(19(21)20-13-5-6-14-20)22-18-11-9-17(10-12-18)16-7-3-2-4-8-16/h2-4,7-12,15H,5-6,13-14H2,1H3. The minimum atomic E-state index is -0.0133. The van der Waals surface area contributed by atoms with E-state index in [4.69, 9.17) is 0 Å². The summed E-state index contributed by atoms with van der Waals surface area (Å²) in [7, 11) is 0. The molecule has 1 unspecified atom stereocenters. The van der Waals surface area contributed by atoms with Gasteiger partial charge in [-0.25, -0.2) is 0 Å². The molecule has 1 aliphatic rings. The molecule has 3 rings (SSSR count). The van der Waals surface area contributed by atoms with Crippen LogP contribution in [-0.4, -0.2) is 29.1 Å². The van der Waals surface area contributed by atoms with Crippen LogP contribution in [-0.2, 0) is 4.79 Å². The summed E-state index contributed by atoms with van der Waals surface area (Å²) < 4.78 is 0. The molecule has 0 bridgehead atoms. The zero-order valence-corrected chi connectivity index (χ0v) is 13.7. The van der Waals surface area contributed by atoms with Crippen molar-refractivity contribution in [1.29, 1.82) is 0 Å². The quantitative estimate of drug-likeness (QED) is 0.777. The van der Waals surface area contributed by atoms with Crippen LogP contribution < -0.4 is 0 Å². The van der Waals surface area contributed by atoms with Crippen molar-refractivity contribution in [1.82, 2.24) is 4.90 Å². The first-order chi connectivity index (χ1) is 10.7. The van der Waals surface area contributed by atoms with Gasteiger partial charge in [0.1, 0.15) is 0 Å². The molecule has 22 heavy (non-hydrogen) atoms. The van der Waals surface area contributed by atoms with Gasteiger partial charge >= 0.3 is 0 Å². The fourth-order valence-corrected chi connectivity index (χ4v) is 3.76. The molecule has 0 aliphatic carbocycles. The topological polar surface area (TPSA) is 20.3 Å². The lowest BCUT2D eigenvalue weighted by Crippen LogP contribution is -2.33. The predicted molar refractivity (Wildman–Crippen MR) is 93.0 cm³/mol. The Morgan fingerprint density at radius 2 is 1.55 bits per heavy atom. The van der Waals surface area contributed by atoms with Crippen LogP contribution in [0.15, 0.2) is 59.5 Å². The third-order valence-corrected chi connectivity index (χ3v) is 5.14. The summed E-state index contributed by atoms with van der Waals surface area (Å²) in [5, 5.41) is -0.0133. The number of carbonyl (C=O) groups excluding carboxylic acids is 1. The molecule has 1 atom stereocenters. The van der Waals surface area contributed by atoms with Gasteiger partial charge in [-0.1, -0.05) is 42.5 Å². The summed E-state index contributed by atoms with van der Waals surface area (Å²) in [5.74, 6) is 0.273. The highest BCUT2D eigenvalue weighted by Crippen LogP contribution is 2.28. The smallest absolute Gasteiger partial charge is 0.235 e. The van der Waals surface area contributed by atoms with E-state index in [0.29, 0.717) is 0 Å². The van der Waals surface area contributed by atoms with Gasteiger partial charge in [-0.15, -0.1) is 11.8 Å². The van der Waals surface area contributed by atoms with Crippen LogP contribution in [0.3, 0.4) is 0 Å². The summed E-state index contributed by atoms with van der Waals surface area (Å²) in [6.45, 7) is 3.86. The average Bonchev–Trinajstić information content (AvgIpc) is 3.10. The summed E-state index contributed by atoms with van der Waals surface area (Å²) in [6, 6.07) is 18.8. The van der Waals surface area contributed by atoms with E-state index in [-0.39, 0.29) is 11.2 Å². The molecule has 1 saturated heterocycles. The lowest BCUT2D eigenvalue weighted by atomic mass is 10.1. The Morgan fingerprint density at radius 1 is 0.955 bits per heavy atom. The first-order valence-electron chi connectivity index (χ1n) is 7.85. The van der Waals surface area contributed by atoms with Crippen LogP contribution in [0.2, 0.25) is 0 Å². The highest BCUT2D eigenvalue weighted by Gasteiger charge is 2.23. The van der Waals surface area contributed by atoms with Crippen molar-refractivity contribution < 1.29 is 4.79 Å². The fraction of sp³-hybridized carbons (Fsp3) is 0.316. The van der Waals surface area contributed by atoms with Gasteiger partial charge in [-0.05, 0) is 43.0 Å². The number of rotatable bonds is 4. The molecule has 1 aliphatic heterocycles. The van der Waals surface area contributed by atoms with Crippen molar-refractivity contribution in [3.05, 3.63) is 54.6 Å². The normalized spacial score (nSPS) is 15.8. The molecule has 2 nitrogen and oxygen atoms in total. The Balaban J connectivity index is 1.64. The van der Waals surface area contributed by atoms with E-state index >= 15 is 0 Å². The van der Waals surface area contributed by atoms with E-state index < -0.39 is 0 Å². The van der Waals surface area contributed by atoms with E-state index in [1.54, 1.807) is 11.8 Å². The van der Waals surface area contributed by atoms with E-state index in [0.717, 1.165) is 30.8 Å². The van der Waals surface area contributed by atoms with Crippen LogP contribution in [0.5, 0.6) is 0 Å². The highest BCUT2D eigenvalue weighted by atomic mass is 32.2. The van der Waals surface area contributed by atoms with Crippen molar-refractivity contribution >= 4 is 17.7 Å². The van der Waals surface area contributed by atoms with E-state index in [9.17, 15) is 4.79 Å². The van der Waals surface area contributed by atoms with Crippen molar-refractivity contribution in [3.8, 4) is 11.1 Å². The van der Waals surface area contributed by atoms with Gasteiger partial charge < -0.3 is 4.90 Å². The van der Waals surface area contributed by atoms with Crippen molar-refractivity contribution in [2.24, 2.45) is 0 Å². The molecule has 3 heteroatoms. The SMILES string of the molecule is CC(Sc1ccc(-c2ccccc2)cc1)C(=O)N1CCCC1. The zero-order valence-electron chi connectivity index (χ0n) is 12.9. The maximum Gasteiger partial charge on any atom is 0.235 e. The van der Waals surface area contributed by atoms with Crippen LogP contribution in [0.4, 0.5) is 0 Å². The second-order valence-electron chi connectivity index (χ2n) is 5.68. The van der Waals surface area contributed by atoms with Crippen molar-refractivity contribution in [2.45, 2.75) is 29.9 Å². The molecule has 2 aromatic rings. The van der Waals surface area contributed by atoms with Gasteiger partial charge in [0.25, 0.3) is 0 Å². The molecule has 2 aromatic carbocycles. The third kappa shape index (κ3) is 3.53. The third-order valence-electron chi connectivity index (χ3n) is 4.04. The zero-order chi connectivity index (χ0) is 15.4. The van der Waals surface area contributed by atoms with Crippen LogP contribution in [0.1, 0.15) is 19.8 Å². The van der Waals surface area contributed by atoms with E-state index in [1.165, 1.54) is 11.1 Å². The van der Waals surface area contributed by atoms with Crippen molar-refractivity contribution in [3.63, 3.8) is 0 Å². The van der Waals surface area contributed by atoms with Crippen LogP contribution in [0, 0.1) is 0 Å². The molecular formula is C19H21NOS. The van der Waals surface area contributed by atoms with Gasteiger partial charge in [0.15, 0.2) is 0 Å².